The molecule has 0 saturated heterocycles. The monoisotopic (exact) mass is 380 g/mol. The van der Waals surface area contributed by atoms with Crippen molar-refractivity contribution < 1.29 is 4.79 Å². The lowest BCUT2D eigenvalue weighted by Gasteiger charge is -2.25. The van der Waals surface area contributed by atoms with Crippen LogP contribution in [0.15, 0.2) is 60.0 Å². The third kappa shape index (κ3) is 4.39. The molecule has 5 nitrogen and oxygen atoms in total. The van der Waals surface area contributed by atoms with Crippen LogP contribution in [0.2, 0.25) is 0 Å². The average Bonchev–Trinajstić information content (AvgIpc) is 3.15. The number of hydrogen-bond donors (Lipinski definition) is 0. The van der Waals surface area contributed by atoms with Gasteiger partial charge in [0.05, 0.1) is 17.5 Å². The van der Waals surface area contributed by atoms with Gasteiger partial charge >= 0.3 is 0 Å². The fourth-order valence-corrected chi connectivity index (χ4v) is 3.71. The first-order valence-electron chi connectivity index (χ1n) is 8.88. The zero-order chi connectivity index (χ0) is 19.4. The first kappa shape index (κ1) is 19.2. The van der Waals surface area contributed by atoms with Gasteiger partial charge in [-0.25, -0.2) is 0 Å². The molecule has 6 heteroatoms. The lowest BCUT2D eigenvalue weighted by molar-refractivity contribution is -0.128. The number of rotatable bonds is 6. The molecule has 3 rings (SSSR count). The van der Waals surface area contributed by atoms with E-state index in [1.807, 2.05) is 48.9 Å². The lowest BCUT2D eigenvalue weighted by Crippen LogP contribution is -2.31. The topological polar surface area (TPSA) is 51.0 Å². The number of benzene rings is 2. The van der Waals surface area contributed by atoms with Gasteiger partial charge in [-0.05, 0) is 43.5 Å². The summed E-state index contributed by atoms with van der Waals surface area (Å²) in [7, 11) is 1.84. The molecular formula is C21H24N4OS. The minimum Gasteiger partial charge on any atom is -0.338 e. The summed E-state index contributed by atoms with van der Waals surface area (Å²) >= 11 is 1.41. The fraction of sp³-hybridized carbons (Fsp3) is 0.286. The molecule has 0 radical (unpaired) electrons. The van der Waals surface area contributed by atoms with Crippen LogP contribution >= 0.6 is 11.8 Å². The van der Waals surface area contributed by atoms with Crippen molar-refractivity contribution in [2.45, 2.75) is 32.0 Å². The number of nitrogens with zero attached hydrogens (tertiary/aromatic N) is 4. The molecule has 0 N–H and O–H groups in total. The van der Waals surface area contributed by atoms with Crippen LogP contribution in [0.25, 0.3) is 5.69 Å². The fourth-order valence-electron chi connectivity index (χ4n) is 2.87. The van der Waals surface area contributed by atoms with Crippen LogP contribution in [-0.2, 0) is 4.79 Å². The van der Waals surface area contributed by atoms with E-state index in [1.54, 1.807) is 11.2 Å². The highest BCUT2D eigenvalue weighted by molar-refractivity contribution is 7.99. The Balaban J connectivity index is 1.70. The van der Waals surface area contributed by atoms with Crippen molar-refractivity contribution in [2.24, 2.45) is 0 Å². The molecule has 0 saturated carbocycles. The van der Waals surface area contributed by atoms with E-state index < -0.39 is 0 Å². The van der Waals surface area contributed by atoms with Crippen LogP contribution in [0.1, 0.15) is 29.7 Å². The smallest absolute Gasteiger partial charge is 0.233 e. The highest BCUT2D eigenvalue weighted by atomic mass is 32.2. The first-order chi connectivity index (χ1) is 13.0. The lowest BCUT2D eigenvalue weighted by atomic mass is 10.1. The van der Waals surface area contributed by atoms with E-state index >= 15 is 0 Å². The minimum absolute atomic E-state index is 0.0242. The molecule has 27 heavy (non-hydrogen) atoms. The highest BCUT2D eigenvalue weighted by Gasteiger charge is 2.19. The Morgan fingerprint density at radius 2 is 1.93 bits per heavy atom. The van der Waals surface area contributed by atoms with Gasteiger partial charge < -0.3 is 4.90 Å². The summed E-state index contributed by atoms with van der Waals surface area (Å²) in [6.45, 7) is 6.16. The summed E-state index contributed by atoms with van der Waals surface area (Å²) in [6.07, 6.45) is 1.70. The van der Waals surface area contributed by atoms with Crippen LogP contribution in [0.3, 0.4) is 0 Å². The van der Waals surface area contributed by atoms with E-state index in [1.165, 1.54) is 17.3 Å². The summed E-state index contributed by atoms with van der Waals surface area (Å²) < 4.78 is 1.95. The van der Waals surface area contributed by atoms with Gasteiger partial charge in [0.2, 0.25) is 5.91 Å². The van der Waals surface area contributed by atoms with E-state index in [2.05, 4.69) is 42.2 Å². The molecule has 0 bridgehead atoms. The molecular weight excluding hydrogens is 356 g/mol. The van der Waals surface area contributed by atoms with Crippen molar-refractivity contribution in [3.63, 3.8) is 0 Å². The maximum absolute atomic E-state index is 12.7. The van der Waals surface area contributed by atoms with Crippen molar-refractivity contribution >= 4 is 17.7 Å². The molecule has 1 amide bonds. The molecule has 1 atom stereocenters. The molecule has 0 aliphatic rings. The molecule has 1 aromatic heterocycles. The van der Waals surface area contributed by atoms with Gasteiger partial charge in [0.15, 0.2) is 5.16 Å². The van der Waals surface area contributed by atoms with Crippen molar-refractivity contribution in [2.75, 3.05) is 12.8 Å². The summed E-state index contributed by atoms with van der Waals surface area (Å²) in [5.41, 5.74) is 4.48. The van der Waals surface area contributed by atoms with Gasteiger partial charge in [0.25, 0.3) is 0 Å². The molecule has 0 fully saturated rings. The second-order valence-corrected chi connectivity index (χ2v) is 7.60. The molecule has 140 valence electrons. The van der Waals surface area contributed by atoms with E-state index in [9.17, 15) is 4.79 Å². The van der Waals surface area contributed by atoms with E-state index in [0.717, 1.165) is 22.0 Å². The molecule has 0 spiro atoms. The highest BCUT2D eigenvalue weighted by Crippen LogP contribution is 2.24. The SMILES string of the molecule is Cc1ccc(C)c(-n2cnnc2SCC(=O)N(C)[C@@H](C)c2ccccc2)c1. The van der Waals surface area contributed by atoms with E-state index in [0.29, 0.717) is 5.75 Å². The number of aromatic nitrogens is 3. The summed E-state index contributed by atoms with van der Waals surface area (Å²) in [5, 5.41) is 8.97. The Hall–Kier alpha value is -2.60. The first-order valence-corrected chi connectivity index (χ1v) is 9.87. The molecule has 1 heterocycles. The predicted molar refractivity (Wildman–Crippen MR) is 109 cm³/mol. The molecule has 3 aromatic rings. The van der Waals surface area contributed by atoms with Crippen molar-refractivity contribution in [3.8, 4) is 5.69 Å². The third-order valence-corrected chi connectivity index (χ3v) is 5.65. The van der Waals surface area contributed by atoms with Crippen LogP contribution in [0.5, 0.6) is 0 Å². The number of carbonyl (C=O) groups excluding carboxylic acids is 1. The Morgan fingerprint density at radius 3 is 2.67 bits per heavy atom. The molecule has 2 aromatic carbocycles. The Kier molecular flexibility index (Phi) is 5.96. The summed E-state index contributed by atoms with van der Waals surface area (Å²) in [5.74, 6) is 0.379. The Labute approximate surface area is 164 Å². The van der Waals surface area contributed by atoms with E-state index in [4.69, 9.17) is 0 Å². The standard InChI is InChI=1S/C21H24N4OS/c1-15-10-11-16(2)19(12-15)25-14-22-23-21(25)27-13-20(26)24(4)17(3)18-8-6-5-7-9-18/h5-12,14,17H,13H2,1-4H3/t17-/m0/s1. The average molecular weight is 381 g/mol. The normalized spacial score (nSPS) is 12.0. The number of hydrogen-bond acceptors (Lipinski definition) is 4. The van der Waals surface area contributed by atoms with Gasteiger partial charge in [-0.2, -0.15) is 0 Å². The van der Waals surface area contributed by atoms with Crippen molar-refractivity contribution in [1.82, 2.24) is 19.7 Å². The zero-order valence-electron chi connectivity index (χ0n) is 16.1. The summed E-state index contributed by atoms with van der Waals surface area (Å²) in [6, 6.07) is 16.3. The zero-order valence-corrected chi connectivity index (χ0v) is 16.9. The third-order valence-electron chi connectivity index (χ3n) is 4.72. The maximum Gasteiger partial charge on any atom is 0.233 e. The second-order valence-electron chi connectivity index (χ2n) is 6.65. The van der Waals surface area contributed by atoms with Gasteiger partial charge in [-0.3, -0.25) is 9.36 Å². The Morgan fingerprint density at radius 1 is 1.19 bits per heavy atom. The van der Waals surface area contributed by atoms with Crippen LogP contribution in [0.4, 0.5) is 0 Å². The number of thioether (sulfide) groups is 1. The van der Waals surface area contributed by atoms with E-state index in [-0.39, 0.29) is 11.9 Å². The summed E-state index contributed by atoms with van der Waals surface area (Å²) in [4.78, 5) is 14.4. The van der Waals surface area contributed by atoms with Gasteiger partial charge in [-0.15, -0.1) is 10.2 Å². The van der Waals surface area contributed by atoms with Crippen LogP contribution in [-0.4, -0.2) is 38.4 Å². The molecule has 0 unspecified atom stereocenters. The van der Waals surface area contributed by atoms with Crippen molar-refractivity contribution in [3.05, 3.63) is 71.5 Å². The van der Waals surface area contributed by atoms with Crippen LogP contribution < -0.4 is 0 Å². The number of amides is 1. The largest absolute Gasteiger partial charge is 0.338 e. The maximum atomic E-state index is 12.7. The van der Waals surface area contributed by atoms with Gasteiger partial charge in [0, 0.05) is 7.05 Å². The molecule has 0 aliphatic carbocycles. The van der Waals surface area contributed by atoms with Gasteiger partial charge in [-0.1, -0.05) is 54.2 Å². The minimum atomic E-state index is 0.0242. The Bertz CT molecular complexity index is 923. The second kappa shape index (κ2) is 8.39. The van der Waals surface area contributed by atoms with Crippen molar-refractivity contribution in [1.29, 1.82) is 0 Å². The number of carbonyl (C=O) groups is 1. The predicted octanol–water partition coefficient (Wildman–Crippen LogP) is 4.20. The van der Waals surface area contributed by atoms with Gasteiger partial charge in [0.1, 0.15) is 6.33 Å². The quantitative estimate of drug-likeness (QED) is 0.602. The number of aryl methyl sites for hydroxylation is 2. The van der Waals surface area contributed by atoms with Crippen LogP contribution in [0, 0.1) is 13.8 Å². The molecule has 0 aliphatic heterocycles.